The van der Waals surface area contributed by atoms with Gasteiger partial charge in [-0.1, -0.05) is 0 Å². The summed E-state index contributed by atoms with van der Waals surface area (Å²) in [5.74, 6) is -0.431. The summed E-state index contributed by atoms with van der Waals surface area (Å²) in [6.45, 7) is 0.817. The normalized spacial score (nSPS) is 18.7. The highest BCUT2D eigenvalue weighted by atomic mass is 79.9. The zero-order valence-electron chi connectivity index (χ0n) is 10.2. The van der Waals surface area contributed by atoms with E-state index in [2.05, 4.69) is 15.9 Å². The van der Waals surface area contributed by atoms with Crippen LogP contribution in [0, 0.1) is 11.7 Å². The Morgan fingerprint density at radius 2 is 2.00 bits per heavy atom. The molecule has 1 saturated heterocycles. The van der Waals surface area contributed by atoms with Gasteiger partial charge in [-0.15, -0.1) is 0 Å². The molecule has 0 unspecified atom stereocenters. The molecule has 0 saturated carbocycles. The molecular weight excluding hydrogens is 337 g/mol. The quantitative estimate of drug-likeness (QED) is 0.905. The molecular formula is C12H15BrFNO3S. The van der Waals surface area contributed by atoms with Crippen molar-refractivity contribution in [3.8, 4) is 0 Å². The van der Waals surface area contributed by atoms with Crippen molar-refractivity contribution in [2.75, 3.05) is 19.7 Å². The molecule has 0 radical (unpaired) electrons. The predicted octanol–water partition coefficient (Wildman–Crippen LogP) is 1.98. The molecule has 1 aliphatic heterocycles. The maximum absolute atomic E-state index is 13.4. The smallest absolute Gasteiger partial charge is 0.243 e. The second-order valence-corrected chi connectivity index (χ2v) is 7.40. The Morgan fingerprint density at radius 1 is 1.37 bits per heavy atom. The number of nitrogens with zero attached hydrogens (tertiary/aromatic N) is 1. The lowest BCUT2D eigenvalue weighted by Gasteiger charge is -2.30. The molecule has 106 valence electrons. The van der Waals surface area contributed by atoms with Gasteiger partial charge in [0.2, 0.25) is 10.0 Å². The van der Waals surface area contributed by atoms with Crippen LogP contribution in [-0.4, -0.2) is 37.5 Å². The van der Waals surface area contributed by atoms with E-state index in [1.165, 1.54) is 16.4 Å². The van der Waals surface area contributed by atoms with Crippen molar-refractivity contribution < 1.29 is 17.9 Å². The highest BCUT2D eigenvalue weighted by Gasteiger charge is 2.29. The number of benzene rings is 1. The number of sulfonamides is 1. The van der Waals surface area contributed by atoms with E-state index in [0.717, 1.165) is 6.07 Å². The van der Waals surface area contributed by atoms with E-state index in [-0.39, 0.29) is 21.9 Å². The SMILES string of the molecule is O=S(=O)(c1ccc(Br)c(F)c1)N1CCC(CO)CC1. The second kappa shape index (κ2) is 5.87. The fourth-order valence-corrected chi connectivity index (χ4v) is 3.85. The van der Waals surface area contributed by atoms with Gasteiger partial charge in [0.25, 0.3) is 0 Å². The first-order valence-corrected chi connectivity index (χ1v) is 8.24. The number of halogens is 2. The van der Waals surface area contributed by atoms with Gasteiger partial charge >= 0.3 is 0 Å². The first kappa shape index (κ1) is 14.9. The molecule has 1 aliphatic rings. The summed E-state index contributed by atoms with van der Waals surface area (Å²) in [6.07, 6.45) is 1.27. The summed E-state index contributed by atoms with van der Waals surface area (Å²) < 4.78 is 39.7. The van der Waals surface area contributed by atoms with E-state index in [9.17, 15) is 12.8 Å². The van der Waals surface area contributed by atoms with Crippen LogP contribution in [0.3, 0.4) is 0 Å². The van der Waals surface area contributed by atoms with E-state index in [1.54, 1.807) is 0 Å². The molecule has 7 heteroatoms. The van der Waals surface area contributed by atoms with Crippen LogP contribution in [0.2, 0.25) is 0 Å². The summed E-state index contributed by atoms with van der Waals surface area (Å²) in [5.41, 5.74) is 0. The van der Waals surface area contributed by atoms with E-state index < -0.39 is 15.8 Å². The molecule has 19 heavy (non-hydrogen) atoms. The summed E-state index contributed by atoms with van der Waals surface area (Å²) in [7, 11) is -3.64. The minimum atomic E-state index is -3.64. The minimum absolute atomic E-state index is 0.0318. The van der Waals surface area contributed by atoms with Gasteiger partial charge in [0.15, 0.2) is 0 Å². The molecule has 2 rings (SSSR count). The first-order chi connectivity index (χ1) is 8.95. The summed E-state index contributed by atoms with van der Waals surface area (Å²) in [4.78, 5) is -0.0318. The van der Waals surface area contributed by atoms with E-state index in [1.807, 2.05) is 0 Å². The van der Waals surface area contributed by atoms with Crippen LogP contribution < -0.4 is 0 Å². The average molecular weight is 352 g/mol. The van der Waals surface area contributed by atoms with Crippen molar-refractivity contribution >= 4 is 26.0 Å². The Balaban J connectivity index is 2.21. The molecule has 1 N–H and O–H groups in total. The zero-order valence-corrected chi connectivity index (χ0v) is 12.6. The van der Waals surface area contributed by atoms with Crippen molar-refractivity contribution in [2.45, 2.75) is 17.7 Å². The third-order valence-corrected chi connectivity index (χ3v) is 5.90. The van der Waals surface area contributed by atoms with Crippen molar-refractivity contribution in [1.82, 2.24) is 4.31 Å². The van der Waals surface area contributed by atoms with Gasteiger partial charge in [-0.25, -0.2) is 12.8 Å². The first-order valence-electron chi connectivity index (χ1n) is 6.01. The maximum atomic E-state index is 13.4. The van der Waals surface area contributed by atoms with Crippen LogP contribution in [0.15, 0.2) is 27.6 Å². The fourth-order valence-electron chi connectivity index (χ4n) is 2.12. The van der Waals surface area contributed by atoms with Gasteiger partial charge in [-0.05, 0) is 52.9 Å². The van der Waals surface area contributed by atoms with Crippen LogP contribution in [0.4, 0.5) is 4.39 Å². The third kappa shape index (κ3) is 3.16. The molecule has 1 heterocycles. The topological polar surface area (TPSA) is 57.6 Å². The lowest BCUT2D eigenvalue weighted by molar-refractivity contribution is 0.170. The van der Waals surface area contributed by atoms with E-state index >= 15 is 0 Å². The van der Waals surface area contributed by atoms with Crippen molar-refractivity contribution in [1.29, 1.82) is 0 Å². The van der Waals surface area contributed by atoms with E-state index in [4.69, 9.17) is 5.11 Å². The van der Waals surface area contributed by atoms with Crippen LogP contribution in [0.25, 0.3) is 0 Å². The van der Waals surface area contributed by atoms with Gasteiger partial charge in [-0.3, -0.25) is 0 Å². The molecule has 1 aromatic rings. The Bertz CT molecular complexity index is 556. The van der Waals surface area contributed by atoms with Crippen molar-refractivity contribution in [3.05, 3.63) is 28.5 Å². The Morgan fingerprint density at radius 3 is 2.53 bits per heavy atom. The highest BCUT2D eigenvalue weighted by molar-refractivity contribution is 9.10. The van der Waals surface area contributed by atoms with Crippen LogP contribution >= 0.6 is 15.9 Å². The molecule has 0 amide bonds. The summed E-state index contributed by atoms with van der Waals surface area (Å²) in [5, 5.41) is 9.04. The van der Waals surface area contributed by atoms with Crippen molar-refractivity contribution in [2.24, 2.45) is 5.92 Å². The van der Waals surface area contributed by atoms with Crippen molar-refractivity contribution in [3.63, 3.8) is 0 Å². The van der Waals surface area contributed by atoms with Gasteiger partial charge in [-0.2, -0.15) is 4.31 Å². The highest BCUT2D eigenvalue weighted by Crippen LogP contribution is 2.25. The molecule has 0 aliphatic carbocycles. The van der Waals surface area contributed by atoms with Crippen LogP contribution in [-0.2, 0) is 10.0 Å². The van der Waals surface area contributed by atoms with Gasteiger partial charge in [0, 0.05) is 19.7 Å². The van der Waals surface area contributed by atoms with Gasteiger partial charge in [0.05, 0.1) is 9.37 Å². The molecule has 1 aromatic carbocycles. The fraction of sp³-hybridized carbons (Fsp3) is 0.500. The summed E-state index contributed by atoms with van der Waals surface area (Å²) >= 11 is 3.00. The summed E-state index contributed by atoms with van der Waals surface area (Å²) in [6, 6.07) is 3.81. The third-order valence-electron chi connectivity index (χ3n) is 3.36. The van der Waals surface area contributed by atoms with Crippen LogP contribution in [0.1, 0.15) is 12.8 Å². The standard InChI is InChI=1S/C12H15BrFNO3S/c13-11-2-1-10(7-12(11)14)19(17,18)15-5-3-9(8-16)4-6-15/h1-2,7,9,16H,3-6,8H2. The van der Waals surface area contributed by atoms with Crippen LogP contribution in [0.5, 0.6) is 0 Å². The largest absolute Gasteiger partial charge is 0.396 e. The Hall–Kier alpha value is -0.500. The lowest BCUT2D eigenvalue weighted by atomic mass is 10.00. The molecule has 4 nitrogen and oxygen atoms in total. The molecule has 0 bridgehead atoms. The maximum Gasteiger partial charge on any atom is 0.243 e. The van der Waals surface area contributed by atoms with E-state index in [0.29, 0.717) is 25.9 Å². The molecule has 0 spiro atoms. The number of aliphatic hydroxyl groups is 1. The molecule has 1 fully saturated rings. The monoisotopic (exact) mass is 351 g/mol. The molecule has 0 atom stereocenters. The molecule has 0 aromatic heterocycles. The number of hydrogen-bond acceptors (Lipinski definition) is 3. The lowest BCUT2D eigenvalue weighted by Crippen LogP contribution is -2.39. The number of aliphatic hydroxyl groups excluding tert-OH is 1. The van der Waals surface area contributed by atoms with Gasteiger partial charge in [0.1, 0.15) is 5.82 Å². The number of piperidine rings is 1. The van der Waals surface area contributed by atoms with Gasteiger partial charge < -0.3 is 5.11 Å². The predicted molar refractivity (Wildman–Crippen MR) is 72.7 cm³/mol. The second-order valence-electron chi connectivity index (χ2n) is 4.61. The Labute approximate surface area is 120 Å². The minimum Gasteiger partial charge on any atom is -0.396 e. The average Bonchev–Trinajstić information content (AvgIpc) is 2.41. The number of hydrogen-bond donors (Lipinski definition) is 1. The number of rotatable bonds is 3. The Kier molecular flexibility index (Phi) is 4.60. The zero-order chi connectivity index (χ0) is 14.0.